The Morgan fingerprint density at radius 2 is 1.91 bits per heavy atom. The molecule has 0 amide bonds. The van der Waals surface area contributed by atoms with Crippen LogP contribution in [0.25, 0.3) is 0 Å². The van der Waals surface area contributed by atoms with Crippen molar-refractivity contribution in [2.75, 3.05) is 32.8 Å². The van der Waals surface area contributed by atoms with E-state index in [0.29, 0.717) is 0 Å². The lowest BCUT2D eigenvalue weighted by Crippen LogP contribution is -2.37. The highest BCUT2D eigenvalue weighted by Gasteiger charge is 2.10. The molecule has 0 radical (unpaired) electrons. The summed E-state index contributed by atoms with van der Waals surface area (Å²) in [5, 5.41) is 2.19. The molecule has 4 nitrogen and oxygen atoms in total. The Morgan fingerprint density at radius 1 is 1.14 bits per heavy atom. The van der Waals surface area contributed by atoms with E-state index in [0.717, 1.165) is 56.3 Å². The van der Waals surface area contributed by atoms with Gasteiger partial charge in [0.2, 0.25) is 0 Å². The molecule has 0 bridgehead atoms. The summed E-state index contributed by atoms with van der Waals surface area (Å²) < 4.78 is 7.73. The number of thiazole rings is 1. The van der Waals surface area contributed by atoms with Crippen molar-refractivity contribution in [3.63, 3.8) is 0 Å². The zero-order valence-electron chi connectivity index (χ0n) is 13.1. The number of nitrogens with zero attached hydrogens (tertiary/aromatic N) is 3. The van der Waals surface area contributed by atoms with Crippen LogP contribution in [0.1, 0.15) is 12.1 Å². The van der Waals surface area contributed by atoms with Crippen molar-refractivity contribution in [1.29, 1.82) is 0 Å². The molecular weight excluding hydrogens is 294 g/mol. The molecule has 1 aliphatic heterocycles. The summed E-state index contributed by atoms with van der Waals surface area (Å²) in [4.78, 5) is 8.35. The number of morpholine rings is 1. The number of aryl methyl sites for hydroxylation is 1. The molecule has 118 valence electrons. The van der Waals surface area contributed by atoms with Gasteiger partial charge in [0.1, 0.15) is 0 Å². The summed E-state index contributed by atoms with van der Waals surface area (Å²) >= 11 is 1.72. The zero-order valence-corrected chi connectivity index (χ0v) is 13.9. The summed E-state index contributed by atoms with van der Waals surface area (Å²) in [6.45, 7) is 8.20. The number of ether oxygens (including phenoxy) is 1. The molecule has 5 heteroatoms. The van der Waals surface area contributed by atoms with Crippen molar-refractivity contribution in [2.24, 2.45) is 4.99 Å². The first-order valence-electron chi connectivity index (χ1n) is 7.88. The van der Waals surface area contributed by atoms with Crippen LogP contribution < -0.4 is 4.80 Å². The Balaban J connectivity index is 1.66. The van der Waals surface area contributed by atoms with E-state index >= 15 is 0 Å². The van der Waals surface area contributed by atoms with Crippen molar-refractivity contribution in [2.45, 2.75) is 19.9 Å². The van der Waals surface area contributed by atoms with E-state index in [1.165, 1.54) is 5.69 Å². The van der Waals surface area contributed by atoms with Crippen LogP contribution in [0.2, 0.25) is 0 Å². The van der Waals surface area contributed by atoms with Crippen LogP contribution in [-0.4, -0.2) is 42.3 Å². The monoisotopic (exact) mass is 317 g/mol. The molecule has 2 aromatic rings. The van der Waals surface area contributed by atoms with Crippen molar-refractivity contribution in [3.8, 4) is 0 Å². The molecule has 1 fully saturated rings. The van der Waals surface area contributed by atoms with Gasteiger partial charge in [-0.15, -0.1) is 11.3 Å². The van der Waals surface area contributed by atoms with Gasteiger partial charge in [-0.1, -0.05) is 18.2 Å². The van der Waals surface area contributed by atoms with Gasteiger partial charge in [-0.3, -0.25) is 4.90 Å². The van der Waals surface area contributed by atoms with Crippen LogP contribution in [0.4, 0.5) is 5.69 Å². The minimum absolute atomic E-state index is 0.874. The molecule has 22 heavy (non-hydrogen) atoms. The Morgan fingerprint density at radius 3 is 2.68 bits per heavy atom. The minimum atomic E-state index is 0.874. The third-order valence-corrected chi connectivity index (χ3v) is 4.91. The summed E-state index contributed by atoms with van der Waals surface area (Å²) in [7, 11) is 0. The lowest BCUT2D eigenvalue weighted by atomic mass is 10.3. The second kappa shape index (κ2) is 7.72. The Bertz CT molecular complexity index is 641. The van der Waals surface area contributed by atoms with Crippen molar-refractivity contribution < 1.29 is 4.74 Å². The molecule has 0 aliphatic carbocycles. The standard InChI is InChI=1S/C17H23N3OS/c1-15-14-22-17(18-16-6-3-2-4-7-16)20(15)9-5-8-19-10-12-21-13-11-19/h2-4,6-7,14H,5,8-13H2,1H3. The van der Waals surface area contributed by atoms with Crippen LogP contribution in [0.15, 0.2) is 40.7 Å². The maximum absolute atomic E-state index is 5.40. The molecule has 0 N–H and O–H groups in total. The van der Waals surface area contributed by atoms with E-state index in [9.17, 15) is 0 Å². The summed E-state index contributed by atoms with van der Waals surface area (Å²) in [5.41, 5.74) is 2.31. The van der Waals surface area contributed by atoms with Crippen LogP contribution >= 0.6 is 11.3 Å². The largest absolute Gasteiger partial charge is 0.379 e. The zero-order chi connectivity index (χ0) is 15.2. The predicted octanol–water partition coefficient (Wildman–Crippen LogP) is 2.81. The van der Waals surface area contributed by atoms with E-state index in [-0.39, 0.29) is 0 Å². The molecule has 3 rings (SSSR count). The van der Waals surface area contributed by atoms with Gasteiger partial charge >= 0.3 is 0 Å². The highest BCUT2D eigenvalue weighted by atomic mass is 32.1. The molecule has 2 heterocycles. The molecule has 0 atom stereocenters. The number of rotatable bonds is 5. The van der Waals surface area contributed by atoms with Crippen molar-refractivity contribution >= 4 is 17.0 Å². The van der Waals surface area contributed by atoms with Crippen molar-refractivity contribution in [3.05, 3.63) is 46.2 Å². The van der Waals surface area contributed by atoms with Gasteiger partial charge in [0.05, 0.1) is 18.9 Å². The number of aromatic nitrogens is 1. The molecule has 1 aromatic heterocycles. The molecular formula is C17H23N3OS. The molecule has 1 saturated heterocycles. The van der Waals surface area contributed by atoms with E-state index in [1.54, 1.807) is 11.3 Å². The number of hydrogen-bond donors (Lipinski definition) is 0. The summed E-state index contributed by atoms with van der Waals surface area (Å²) in [6.07, 6.45) is 1.15. The van der Waals surface area contributed by atoms with Crippen LogP contribution in [0, 0.1) is 6.92 Å². The van der Waals surface area contributed by atoms with Crippen LogP contribution in [0.5, 0.6) is 0 Å². The smallest absolute Gasteiger partial charge is 0.190 e. The fourth-order valence-electron chi connectivity index (χ4n) is 2.66. The average molecular weight is 317 g/mol. The molecule has 0 spiro atoms. The predicted molar refractivity (Wildman–Crippen MR) is 90.6 cm³/mol. The Hall–Kier alpha value is -1.43. The Labute approximate surface area is 135 Å². The van der Waals surface area contributed by atoms with E-state index in [1.807, 2.05) is 30.3 Å². The first-order valence-corrected chi connectivity index (χ1v) is 8.76. The molecule has 1 aliphatic rings. The molecule has 0 saturated carbocycles. The maximum Gasteiger partial charge on any atom is 0.190 e. The van der Waals surface area contributed by atoms with Crippen molar-refractivity contribution in [1.82, 2.24) is 9.47 Å². The lowest BCUT2D eigenvalue weighted by Gasteiger charge is -2.26. The van der Waals surface area contributed by atoms with Crippen LogP contribution in [0.3, 0.4) is 0 Å². The molecule has 0 unspecified atom stereocenters. The fraction of sp³-hybridized carbons (Fsp3) is 0.471. The van der Waals surface area contributed by atoms with Gasteiger partial charge in [-0.05, 0) is 25.5 Å². The van der Waals surface area contributed by atoms with Gasteiger partial charge in [-0.2, -0.15) is 0 Å². The van der Waals surface area contributed by atoms with Gasteiger partial charge in [0.15, 0.2) is 4.80 Å². The second-order valence-corrected chi connectivity index (χ2v) is 6.40. The Kier molecular flexibility index (Phi) is 5.43. The highest BCUT2D eigenvalue weighted by molar-refractivity contribution is 7.07. The van der Waals surface area contributed by atoms with E-state index < -0.39 is 0 Å². The summed E-state index contributed by atoms with van der Waals surface area (Å²) in [5.74, 6) is 0. The van der Waals surface area contributed by atoms with E-state index in [2.05, 4.69) is 21.8 Å². The van der Waals surface area contributed by atoms with Gasteiger partial charge in [0, 0.05) is 37.3 Å². The number of benzene rings is 1. The third-order valence-electron chi connectivity index (χ3n) is 3.93. The quantitative estimate of drug-likeness (QED) is 0.849. The third kappa shape index (κ3) is 4.06. The fourth-order valence-corrected chi connectivity index (χ4v) is 3.59. The number of hydrogen-bond acceptors (Lipinski definition) is 4. The summed E-state index contributed by atoms with van der Waals surface area (Å²) in [6, 6.07) is 10.2. The number of para-hydroxylation sites is 1. The van der Waals surface area contributed by atoms with Gasteiger partial charge in [0.25, 0.3) is 0 Å². The highest BCUT2D eigenvalue weighted by Crippen LogP contribution is 2.10. The minimum Gasteiger partial charge on any atom is -0.379 e. The van der Waals surface area contributed by atoms with Gasteiger partial charge < -0.3 is 9.30 Å². The maximum atomic E-state index is 5.40. The van der Waals surface area contributed by atoms with Crippen LogP contribution in [-0.2, 0) is 11.3 Å². The normalized spacial score (nSPS) is 17.0. The average Bonchev–Trinajstić information content (AvgIpc) is 2.90. The topological polar surface area (TPSA) is 29.8 Å². The lowest BCUT2D eigenvalue weighted by molar-refractivity contribution is 0.0369. The SMILES string of the molecule is Cc1csc(=Nc2ccccc2)n1CCCN1CCOCC1. The van der Waals surface area contributed by atoms with Gasteiger partial charge in [-0.25, -0.2) is 4.99 Å². The molecule has 1 aromatic carbocycles. The van der Waals surface area contributed by atoms with E-state index in [4.69, 9.17) is 9.73 Å². The second-order valence-electron chi connectivity index (χ2n) is 5.57. The first kappa shape index (κ1) is 15.5. The first-order chi connectivity index (χ1) is 10.8.